The fourth-order valence-electron chi connectivity index (χ4n) is 1.66. The van der Waals surface area contributed by atoms with Crippen LogP contribution in [0.3, 0.4) is 0 Å². The van der Waals surface area contributed by atoms with Crippen molar-refractivity contribution in [3.63, 3.8) is 0 Å². The van der Waals surface area contributed by atoms with Gasteiger partial charge in [0.25, 0.3) is 0 Å². The highest BCUT2D eigenvalue weighted by Gasteiger charge is 2.31. The summed E-state index contributed by atoms with van der Waals surface area (Å²) in [5.74, 6) is 0. The number of allylic oxidation sites excluding steroid dienone is 1. The Kier molecular flexibility index (Phi) is 4.72. The monoisotopic (exact) mass is 331 g/mol. The third-order valence-corrected chi connectivity index (χ3v) is 2.77. The lowest BCUT2D eigenvalue weighted by atomic mass is 10.1. The summed E-state index contributed by atoms with van der Waals surface area (Å²) in [6.45, 7) is 0. The summed E-state index contributed by atoms with van der Waals surface area (Å²) < 4.78 is 74.6. The van der Waals surface area contributed by atoms with Crippen molar-refractivity contribution in [1.82, 2.24) is 9.97 Å². The van der Waals surface area contributed by atoms with Crippen LogP contribution < -0.4 is 0 Å². The fourth-order valence-corrected chi connectivity index (χ4v) is 1.66. The lowest BCUT2D eigenvalue weighted by Gasteiger charge is -2.06. The van der Waals surface area contributed by atoms with E-state index in [-0.39, 0.29) is 17.8 Å². The number of halogens is 6. The minimum Gasteiger partial charge on any atom is -0.260 e. The Labute approximate surface area is 127 Å². The van der Waals surface area contributed by atoms with Crippen molar-refractivity contribution < 1.29 is 26.3 Å². The number of alkyl halides is 6. The molecule has 121 valence electrons. The molecule has 0 atom stereocenters. The molecule has 0 aromatic carbocycles. The molecule has 0 unspecified atom stereocenters. The molecule has 2 rings (SSSR count). The molecule has 0 fully saturated rings. The third-order valence-electron chi connectivity index (χ3n) is 2.77. The Morgan fingerprint density at radius 3 is 2.26 bits per heavy atom. The van der Waals surface area contributed by atoms with Gasteiger partial charge >= 0.3 is 12.4 Å². The summed E-state index contributed by atoms with van der Waals surface area (Å²) in [5, 5.41) is 0. The van der Waals surface area contributed by atoms with Gasteiger partial charge in [0.2, 0.25) is 0 Å². The summed E-state index contributed by atoms with van der Waals surface area (Å²) in [4.78, 5) is 7.37. The van der Waals surface area contributed by atoms with E-state index in [2.05, 4.69) is 16.0 Å². The number of pyridine rings is 2. The van der Waals surface area contributed by atoms with Gasteiger partial charge in [-0.2, -0.15) is 26.3 Å². The first kappa shape index (κ1) is 17.0. The summed E-state index contributed by atoms with van der Waals surface area (Å²) in [7, 11) is 0. The van der Waals surface area contributed by atoms with E-state index in [1.165, 1.54) is 18.2 Å². The maximum atomic E-state index is 12.5. The highest BCUT2D eigenvalue weighted by atomic mass is 19.4. The minimum absolute atomic E-state index is 0.0482. The molecule has 0 aliphatic rings. The highest BCUT2D eigenvalue weighted by molar-refractivity contribution is 5.45. The standard InChI is InChI=1S/C15H9F6N2/c16-14(17,18)10-6-7-22-13(8-10)3-1-2-12-5-4-11(9-23-12)15(19,20)21/h1-2,4-7,9H,3H2. The first-order valence-corrected chi connectivity index (χ1v) is 6.30. The molecule has 8 heteroatoms. The molecule has 1 radical (unpaired) electrons. The zero-order valence-electron chi connectivity index (χ0n) is 11.4. The van der Waals surface area contributed by atoms with E-state index in [0.717, 1.165) is 18.3 Å². The molecular weight excluding hydrogens is 322 g/mol. The van der Waals surface area contributed by atoms with Crippen molar-refractivity contribution >= 4 is 6.08 Å². The maximum Gasteiger partial charge on any atom is 0.417 e. The zero-order valence-corrected chi connectivity index (χ0v) is 11.4. The first-order valence-electron chi connectivity index (χ1n) is 6.30. The normalized spacial score (nSPS) is 12.8. The van der Waals surface area contributed by atoms with Crippen LogP contribution in [0.5, 0.6) is 0 Å². The van der Waals surface area contributed by atoms with Crippen molar-refractivity contribution in [3.05, 3.63) is 65.2 Å². The van der Waals surface area contributed by atoms with Crippen LogP contribution in [-0.4, -0.2) is 9.97 Å². The molecule has 0 saturated carbocycles. The minimum atomic E-state index is -4.50. The van der Waals surface area contributed by atoms with Crippen molar-refractivity contribution in [3.8, 4) is 0 Å². The lowest BCUT2D eigenvalue weighted by molar-refractivity contribution is -0.138. The Balaban J connectivity index is 2.05. The summed E-state index contributed by atoms with van der Waals surface area (Å²) in [6.07, 6.45) is -4.35. The molecule has 0 aliphatic carbocycles. The van der Waals surface area contributed by atoms with E-state index in [1.807, 2.05) is 0 Å². The SMILES string of the molecule is FC(F)(F)c1[c]c(CC=Cc2ccc(C(F)(F)F)cn2)ncc1. The molecule has 0 aliphatic heterocycles. The van der Waals surface area contributed by atoms with Crippen LogP contribution in [0.4, 0.5) is 26.3 Å². The van der Waals surface area contributed by atoms with Gasteiger partial charge in [-0.05, 0) is 24.3 Å². The number of hydrogen-bond donors (Lipinski definition) is 0. The van der Waals surface area contributed by atoms with Gasteiger partial charge in [0.1, 0.15) is 0 Å². The Morgan fingerprint density at radius 1 is 0.957 bits per heavy atom. The second-order valence-electron chi connectivity index (χ2n) is 4.50. The van der Waals surface area contributed by atoms with Crippen molar-refractivity contribution in [2.75, 3.05) is 0 Å². The fraction of sp³-hybridized carbons (Fsp3) is 0.200. The quantitative estimate of drug-likeness (QED) is 0.770. The van der Waals surface area contributed by atoms with Gasteiger partial charge < -0.3 is 0 Å². The van der Waals surface area contributed by atoms with Gasteiger partial charge in [-0.3, -0.25) is 9.97 Å². The number of hydrogen-bond acceptors (Lipinski definition) is 2. The molecule has 23 heavy (non-hydrogen) atoms. The van der Waals surface area contributed by atoms with Gasteiger partial charge in [0.05, 0.1) is 22.5 Å². The third kappa shape index (κ3) is 4.80. The molecule has 0 N–H and O–H groups in total. The molecule has 2 nitrogen and oxygen atoms in total. The molecule has 0 bridgehead atoms. The van der Waals surface area contributed by atoms with E-state index in [9.17, 15) is 26.3 Å². The number of rotatable bonds is 3. The second-order valence-corrected chi connectivity index (χ2v) is 4.50. The predicted octanol–water partition coefficient (Wildman–Crippen LogP) is 4.57. The number of nitrogens with zero attached hydrogens (tertiary/aromatic N) is 2. The largest absolute Gasteiger partial charge is 0.417 e. The van der Waals surface area contributed by atoms with Gasteiger partial charge in [0, 0.05) is 24.9 Å². The van der Waals surface area contributed by atoms with Crippen LogP contribution in [0.15, 0.2) is 36.7 Å². The van der Waals surface area contributed by atoms with Crippen LogP contribution >= 0.6 is 0 Å². The van der Waals surface area contributed by atoms with Crippen molar-refractivity contribution in [1.29, 1.82) is 0 Å². The van der Waals surface area contributed by atoms with E-state index in [4.69, 9.17) is 0 Å². The van der Waals surface area contributed by atoms with E-state index in [0.29, 0.717) is 6.20 Å². The summed E-state index contributed by atoms with van der Waals surface area (Å²) >= 11 is 0. The average Bonchev–Trinajstić information content (AvgIpc) is 2.46. The summed E-state index contributed by atoms with van der Waals surface area (Å²) in [5.41, 5.74) is -1.47. The van der Waals surface area contributed by atoms with Crippen LogP contribution in [0.1, 0.15) is 22.5 Å². The van der Waals surface area contributed by atoms with Crippen molar-refractivity contribution in [2.24, 2.45) is 0 Å². The van der Waals surface area contributed by atoms with Crippen LogP contribution in [0.2, 0.25) is 0 Å². The molecular formula is C15H9F6N2. The first-order chi connectivity index (χ1) is 10.7. The molecule has 2 aromatic heterocycles. The zero-order chi connectivity index (χ0) is 17.1. The predicted molar refractivity (Wildman–Crippen MR) is 70.1 cm³/mol. The molecule has 0 spiro atoms. The molecule has 2 aromatic rings. The van der Waals surface area contributed by atoms with Gasteiger partial charge in [-0.15, -0.1) is 0 Å². The second kappa shape index (κ2) is 6.39. The van der Waals surface area contributed by atoms with Gasteiger partial charge in [-0.1, -0.05) is 6.08 Å². The van der Waals surface area contributed by atoms with Crippen LogP contribution in [-0.2, 0) is 18.8 Å². The average molecular weight is 331 g/mol. The molecule has 0 amide bonds. The maximum absolute atomic E-state index is 12.5. The van der Waals surface area contributed by atoms with Gasteiger partial charge in [0.15, 0.2) is 0 Å². The number of aromatic nitrogens is 2. The van der Waals surface area contributed by atoms with Gasteiger partial charge in [-0.25, -0.2) is 0 Å². The Morgan fingerprint density at radius 2 is 1.70 bits per heavy atom. The van der Waals surface area contributed by atoms with E-state index >= 15 is 0 Å². The Hall–Kier alpha value is -2.38. The lowest BCUT2D eigenvalue weighted by Crippen LogP contribution is -2.06. The molecule has 2 heterocycles. The van der Waals surface area contributed by atoms with E-state index < -0.39 is 23.5 Å². The van der Waals surface area contributed by atoms with Crippen LogP contribution in [0.25, 0.3) is 6.08 Å². The Bertz CT molecular complexity index is 686. The van der Waals surface area contributed by atoms with Crippen LogP contribution in [0, 0.1) is 6.07 Å². The van der Waals surface area contributed by atoms with E-state index in [1.54, 1.807) is 0 Å². The molecule has 0 saturated heterocycles. The smallest absolute Gasteiger partial charge is 0.260 e. The highest BCUT2D eigenvalue weighted by Crippen LogP contribution is 2.29. The summed E-state index contributed by atoms with van der Waals surface area (Å²) in [6, 6.07) is 5.00. The topological polar surface area (TPSA) is 25.8 Å². The van der Waals surface area contributed by atoms with Crippen molar-refractivity contribution in [2.45, 2.75) is 18.8 Å².